The van der Waals surface area contributed by atoms with E-state index in [2.05, 4.69) is 57.4 Å². The minimum absolute atomic E-state index is 0.103. The Balaban J connectivity index is 1.59. The molecule has 1 aromatic heterocycles. The summed E-state index contributed by atoms with van der Waals surface area (Å²) < 4.78 is 0. The Morgan fingerprint density at radius 2 is 1.93 bits per heavy atom. The van der Waals surface area contributed by atoms with Crippen LogP contribution in [-0.2, 0) is 6.42 Å². The number of hydrogen-bond acceptors (Lipinski definition) is 4. The summed E-state index contributed by atoms with van der Waals surface area (Å²) in [6, 6.07) is 12.5. The van der Waals surface area contributed by atoms with Crippen LogP contribution in [0.1, 0.15) is 54.4 Å². The van der Waals surface area contributed by atoms with Crippen molar-refractivity contribution in [1.29, 1.82) is 0 Å². The Kier molecular flexibility index (Phi) is 6.80. The van der Waals surface area contributed by atoms with Gasteiger partial charge in [0.2, 0.25) is 5.95 Å². The van der Waals surface area contributed by atoms with Gasteiger partial charge in [-0.1, -0.05) is 43.7 Å². The molecule has 5 nitrogen and oxygen atoms in total. The molecule has 0 unspecified atom stereocenters. The fourth-order valence-corrected chi connectivity index (χ4v) is 3.56. The van der Waals surface area contributed by atoms with Gasteiger partial charge in [0, 0.05) is 25.3 Å². The van der Waals surface area contributed by atoms with E-state index >= 15 is 0 Å². The molecule has 1 aliphatic heterocycles. The van der Waals surface area contributed by atoms with Crippen LogP contribution in [0.4, 0.5) is 5.95 Å². The molecule has 1 fully saturated rings. The van der Waals surface area contributed by atoms with E-state index in [1.807, 2.05) is 6.92 Å². The van der Waals surface area contributed by atoms with Gasteiger partial charge in [-0.2, -0.15) is 0 Å². The fraction of sp³-hybridized carbons (Fsp3) is 0.500. The number of carbonyl (C=O) groups is 1. The lowest BCUT2D eigenvalue weighted by molar-refractivity contribution is 0.0948. The highest BCUT2D eigenvalue weighted by Gasteiger charge is 2.22. The van der Waals surface area contributed by atoms with Gasteiger partial charge in [0.25, 0.3) is 5.91 Å². The summed E-state index contributed by atoms with van der Waals surface area (Å²) in [4.78, 5) is 23.7. The third-order valence-corrected chi connectivity index (χ3v) is 5.16. The van der Waals surface area contributed by atoms with E-state index in [1.54, 1.807) is 6.07 Å². The lowest BCUT2D eigenvalue weighted by Crippen LogP contribution is -2.36. The standard InChI is InChI=1S/C22H30N4O/c1-3-4-12-23-21(27)20-15-17(2)24-22(25-20)26-13-10-19(11-14-26)16-18-8-6-5-7-9-18/h5-9,15,19H,3-4,10-14,16H2,1-2H3,(H,23,27). The van der Waals surface area contributed by atoms with Crippen molar-refractivity contribution in [1.82, 2.24) is 15.3 Å². The van der Waals surface area contributed by atoms with Crippen LogP contribution in [0.5, 0.6) is 0 Å². The van der Waals surface area contributed by atoms with E-state index in [0.717, 1.165) is 50.9 Å². The molecule has 2 aromatic rings. The SMILES string of the molecule is CCCCNC(=O)c1cc(C)nc(N2CCC(Cc3ccccc3)CC2)n1. The zero-order valence-electron chi connectivity index (χ0n) is 16.4. The molecule has 1 aromatic carbocycles. The Morgan fingerprint density at radius 1 is 1.19 bits per heavy atom. The number of nitrogens with zero attached hydrogens (tertiary/aromatic N) is 3. The molecule has 144 valence electrons. The van der Waals surface area contributed by atoms with E-state index in [1.165, 1.54) is 5.56 Å². The number of aromatic nitrogens is 2. The van der Waals surface area contributed by atoms with Crippen LogP contribution in [0.25, 0.3) is 0 Å². The van der Waals surface area contributed by atoms with Crippen LogP contribution in [0.15, 0.2) is 36.4 Å². The summed E-state index contributed by atoms with van der Waals surface area (Å²) >= 11 is 0. The summed E-state index contributed by atoms with van der Waals surface area (Å²) in [5.41, 5.74) is 2.72. The van der Waals surface area contributed by atoms with Gasteiger partial charge >= 0.3 is 0 Å². The van der Waals surface area contributed by atoms with Gasteiger partial charge in [-0.3, -0.25) is 4.79 Å². The molecule has 27 heavy (non-hydrogen) atoms. The summed E-state index contributed by atoms with van der Waals surface area (Å²) in [5.74, 6) is 1.29. The maximum Gasteiger partial charge on any atom is 0.270 e. The zero-order chi connectivity index (χ0) is 19.1. The summed E-state index contributed by atoms with van der Waals surface area (Å²) in [7, 11) is 0. The average molecular weight is 367 g/mol. The summed E-state index contributed by atoms with van der Waals surface area (Å²) in [6.07, 6.45) is 5.44. The van der Waals surface area contributed by atoms with Crippen molar-refractivity contribution in [3.05, 3.63) is 53.3 Å². The van der Waals surface area contributed by atoms with Gasteiger partial charge in [0.1, 0.15) is 5.69 Å². The number of piperidine rings is 1. The van der Waals surface area contributed by atoms with E-state index in [0.29, 0.717) is 24.1 Å². The smallest absolute Gasteiger partial charge is 0.270 e. The number of carbonyl (C=O) groups excluding carboxylic acids is 1. The quantitative estimate of drug-likeness (QED) is 0.758. The van der Waals surface area contributed by atoms with Crippen LogP contribution in [-0.4, -0.2) is 35.5 Å². The molecule has 3 rings (SSSR count). The number of anilines is 1. The molecule has 0 spiro atoms. The van der Waals surface area contributed by atoms with Crippen LogP contribution in [0.3, 0.4) is 0 Å². The number of aryl methyl sites for hydroxylation is 1. The number of benzene rings is 1. The maximum absolute atomic E-state index is 12.3. The molecule has 1 aliphatic rings. The Morgan fingerprint density at radius 3 is 2.63 bits per heavy atom. The molecule has 2 heterocycles. The number of amides is 1. The van der Waals surface area contributed by atoms with E-state index in [-0.39, 0.29) is 5.91 Å². The third kappa shape index (κ3) is 5.52. The summed E-state index contributed by atoms with van der Waals surface area (Å²) in [6.45, 7) is 6.62. The van der Waals surface area contributed by atoms with Crippen LogP contribution in [0.2, 0.25) is 0 Å². The second-order valence-electron chi connectivity index (χ2n) is 7.42. The first-order chi connectivity index (χ1) is 13.2. The lowest BCUT2D eigenvalue weighted by atomic mass is 9.90. The topological polar surface area (TPSA) is 58.1 Å². The van der Waals surface area contributed by atoms with Gasteiger partial charge in [0.05, 0.1) is 0 Å². The van der Waals surface area contributed by atoms with Crippen molar-refractivity contribution in [2.24, 2.45) is 5.92 Å². The molecule has 0 saturated carbocycles. The Hall–Kier alpha value is -2.43. The highest BCUT2D eigenvalue weighted by molar-refractivity contribution is 5.92. The number of rotatable bonds is 7. The van der Waals surface area contributed by atoms with Gasteiger partial charge in [-0.25, -0.2) is 9.97 Å². The molecule has 0 atom stereocenters. The molecule has 5 heteroatoms. The molecule has 1 saturated heterocycles. The monoisotopic (exact) mass is 366 g/mol. The van der Waals surface area contributed by atoms with E-state index in [4.69, 9.17) is 0 Å². The molecule has 0 radical (unpaired) electrons. The number of nitrogens with one attached hydrogen (secondary N) is 1. The van der Waals surface area contributed by atoms with Crippen molar-refractivity contribution in [2.45, 2.75) is 46.0 Å². The molecule has 0 aliphatic carbocycles. The number of hydrogen-bond donors (Lipinski definition) is 1. The second-order valence-corrected chi connectivity index (χ2v) is 7.42. The Bertz CT molecular complexity index is 739. The maximum atomic E-state index is 12.3. The average Bonchev–Trinajstić information content (AvgIpc) is 2.69. The first-order valence-corrected chi connectivity index (χ1v) is 10.1. The minimum atomic E-state index is -0.103. The van der Waals surface area contributed by atoms with Gasteiger partial charge < -0.3 is 10.2 Å². The predicted molar refractivity (Wildman–Crippen MR) is 109 cm³/mol. The second kappa shape index (κ2) is 9.49. The van der Waals surface area contributed by atoms with E-state index < -0.39 is 0 Å². The first-order valence-electron chi connectivity index (χ1n) is 10.1. The minimum Gasteiger partial charge on any atom is -0.351 e. The normalized spacial score (nSPS) is 15.0. The van der Waals surface area contributed by atoms with Gasteiger partial charge in [-0.15, -0.1) is 0 Å². The van der Waals surface area contributed by atoms with Crippen molar-refractivity contribution < 1.29 is 4.79 Å². The van der Waals surface area contributed by atoms with Crippen molar-refractivity contribution in [3.8, 4) is 0 Å². The highest BCUT2D eigenvalue weighted by Crippen LogP contribution is 2.24. The van der Waals surface area contributed by atoms with Crippen molar-refractivity contribution >= 4 is 11.9 Å². The fourth-order valence-electron chi connectivity index (χ4n) is 3.56. The van der Waals surface area contributed by atoms with Crippen LogP contribution in [0, 0.1) is 12.8 Å². The van der Waals surface area contributed by atoms with Gasteiger partial charge in [-0.05, 0) is 50.2 Å². The lowest BCUT2D eigenvalue weighted by Gasteiger charge is -2.32. The van der Waals surface area contributed by atoms with Gasteiger partial charge in [0.15, 0.2) is 0 Å². The van der Waals surface area contributed by atoms with E-state index in [9.17, 15) is 4.79 Å². The molecular weight excluding hydrogens is 336 g/mol. The molecular formula is C22H30N4O. The Labute approximate surface area is 162 Å². The zero-order valence-corrected chi connectivity index (χ0v) is 16.4. The number of unbranched alkanes of at least 4 members (excludes halogenated alkanes) is 1. The highest BCUT2D eigenvalue weighted by atomic mass is 16.1. The van der Waals surface area contributed by atoms with Crippen molar-refractivity contribution in [3.63, 3.8) is 0 Å². The molecule has 1 amide bonds. The first kappa shape index (κ1) is 19.3. The largest absolute Gasteiger partial charge is 0.351 e. The molecule has 0 bridgehead atoms. The third-order valence-electron chi connectivity index (χ3n) is 5.16. The van der Waals surface area contributed by atoms with Crippen molar-refractivity contribution in [2.75, 3.05) is 24.5 Å². The van der Waals surface area contributed by atoms with Crippen LogP contribution < -0.4 is 10.2 Å². The van der Waals surface area contributed by atoms with Crippen LogP contribution >= 0.6 is 0 Å². The predicted octanol–water partition coefficient (Wildman–Crippen LogP) is 3.77. The summed E-state index contributed by atoms with van der Waals surface area (Å²) in [5, 5.41) is 2.94. The molecule has 1 N–H and O–H groups in total.